The Kier molecular flexibility index (Phi) is 10.8. The maximum Gasteiger partial charge on any atom is 0.255 e. The molecular formula is C19H28IN5O2S. The Balaban J connectivity index is 0.00000392. The Labute approximate surface area is 187 Å². The van der Waals surface area contributed by atoms with Gasteiger partial charge in [0.25, 0.3) is 5.91 Å². The molecule has 0 aliphatic rings. The van der Waals surface area contributed by atoms with Gasteiger partial charge in [0.2, 0.25) is 0 Å². The minimum atomic E-state index is -0.300. The van der Waals surface area contributed by atoms with Crippen LogP contribution in [0.5, 0.6) is 5.75 Å². The van der Waals surface area contributed by atoms with Crippen LogP contribution in [0.15, 0.2) is 29.3 Å². The van der Waals surface area contributed by atoms with E-state index in [1.807, 2.05) is 13.8 Å². The number of aryl methyl sites for hydroxylation is 2. The van der Waals surface area contributed by atoms with Crippen molar-refractivity contribution in [1.29, 1.82) is 0 Å². The first-order valence-electron chi connectivity index (χ1n) is 9.02. The van der Waals surface area contributed by atoms with E-state index in [1.165, 1.54) is 10.9 Å². The van der Waals surface area contributed by atoms with E-state index in [1.54, 1.807) is 29.5 Å². The molecule has 0 aliphatic heterocycles. The van der Waals surface area contributed by atoms with E-state index in [2.05, 4.69) is 32.9 Å². The summed E-state index contributed by atoms with van der Waals surface area (Å²) in [5.41, 5.74) is 1.36. The van der Waals surface area contributed by atoms with Crippen molar-refractivity contribution < 1.29 is 9.90 Å². The Morgan fingerprint density at radius 1 is 1.18 bits per heavy atom. The molecule has 28 heavy (non-hydrogen) atoms. The van der Waals surface area contributed by atoms with Gasteiger partial charge in [-0.05, 0) is 32.9 Å². The fraction of sp³-hybridized carbons (Fsp3) is 0.421. The average molecular weight is 517 g/mol. The summed E-state index contributed by atoms with van der Waals surface area (Å²) >= 11 is 1.71. The Bertz CT molecular complexity index is 775. The van der Waals surface area contributed by atoms with E-state index in [4.69, 9.17) is 0 Å². The number of phenolic OH excluding ortho intramolecular Hbond substituents is 1. The number of rotatable bonds is 8. The van der Waals surface area contributed by atoms with Gasteiger partial charge in [0.1, 0.15) is 5.75 Å². The van der Waals surface area contributed by atoms with E-state index < -0.39 is 0 Å². The number of hydrogen-bond donors (Lipinski definition) is 4. The number of aliphatic imine (C=N–C) groups is 1. The van der Waals surface area contributed by atoms with Crippen LogP contribution in [0.4, 0.5) is 0 Å². The minimum Gasteiger partial charge on any atom is -0.507 e. The molecule has 9 heteroatoms. The van der Waals surface area contributed by atoms with Crippen LogP contribution >= 0.6 is 35.3 Å². The predicted octanol–water partition coefficient (Wildman–Crippen LogP) is 2.61. The van der Waals surface area contributed by atoms with E-state index >= 15 is 0 Å². The van der Waals surface area contributed by atoms with Crippen LogP contribution in [0, 0.1) is 13.8 Å². The summed E-state index contributed by atoms with van der Waals surface area (Å²) in [6.45, 7) is 8.45. The van der Waals surface area contributed by atoms with Crippen LogP contribution in [0.3, 0.4) is 0 Å². The topological polar surface area (TPSA) is 98.6 Å². The molecule has 2 aromatic rings. The second-order valence-corrected chi connectivity index (χ2v) is 7.25. The van der Waals surface area contributed by atoms with E-state index in [9.17, 15) is 9.90 Å². The van der Waals surface area contributed by atoms with E-state index in [0.717, 1.165) is 23.7 Å². The fourth-order valence-corrected chi connectivity index (χ4v) is 3.29. The third kappa shape index (κ3) is 7.63. The van der Waals surface area contributed by atoms with Gasteiger partial charge >= 0.3 is 0 Å². The number of guanidine groups is 1. The second-order valence-electron chi connectivity index (χ2n) is 5.96. The normalized spacial score (nSPS) is 10.9. The lowest BCUT2D eigenvalue weighted by molar-refractivity contribution is 0.0951. The van der Waals surface area contributed by atoms with Crippen molar-refractivity contribution in [3.8, 4) is 5.75 Å². The quantitative estimate of drug-likeness (QED) is 0.187. The molecule has 0 atom stereocenters. The SMILES string of the molecule is CCNC(=NCCc1nc(C)c(C)s1)NCCNC(=O)c1ccccc1O.I. The van der Waals surface area contributed by atoms with Crippen molar-refractivity contribution in [2.45, 2.75) is 27.2 Å². The molecule has 7 nitrogen and oxygen atoms in total. The van der Waals surface area contributed by atoms with Crippen molar-refractivity contribution in [1.82, 2.24) is 20.9 Å². The second kappa shape index (κ2) is 12.6. The smallest absolute Gasteiger partial charge is 0.255 e. The lowest BCUT2D eigenvalue weighted by Gasteiger charge is -2.12. The maximum absolute atomic E-state index is 12.0. The Hall–Kier alpha value is -1.88. The number of aromatic hydroxyl groups is 1. The van der Waals surface area contributed by atoms with Crippen molar-refractivity contribution in [3.05, 3.63) is 45.4 Å². The molecule has 0 bridgehead atoms. The lowest BCUT2D eigenvalue weighted by Crippen LogP contribution is -2.41. The van der Waals surface area contributed by atoms with Gasteiger partial charge in [0.05, 0.1) is 16.3 Å². The average Bonchev–Trinajstić information content (AvgIpc) is 2.96. The van der Waals surface area contributed by atoms with Gasteiger partial charge in [-0.3, -0.25) is 9.79 Å². The molecule has 1 aromatic heterocycles. The highest BCUT2D eigenvalue weighted by Crippen LogP contribution is 2.16. The summed E-state index contributed by atoms with van der Waals surface area (Å²) in [6, 6.07) is 6.48. The fourth-order valence-electron chi connectivity index (χ4n) is 2.37. The number of hydrogen-bond acceptors (Lipinski definition) is 5. The predicted molar refractivity (Wildman–Crippen MR) is 125 cm³/mol. The molecule has 1 heterocycles. The number of nitrogens with one attached hydrogen (secondary N) is 3. The first-order valence-corrected chi connectivity index (χ1v) is 9.84. The highest BCUT2D eigenvalue weighted by atomic mass is 127. The van der Waals surface area contributed by atoms with Crippen molar-refractivity contribution >= 4 is 47.2 Å². The number of carbonyl (C=O) groups excluding carboxylic acids is 1. The molecule has 154 valence electrons. The zero-order valence-corrected chi connectivity index (χ0v) is 19.6. The van der Waals surface area contributed by atoms with Crippen LogP contribution < -0.4 is 16.0 Å². The molecule has 1 amide bonds. The summed E-state index contributed by atoms with van der Waals surface area (Å²) in [5, 5.41) is 19.9. The first-order chi connectivity index (χ1) is 13.0. The monoisotopic (exact) mass is 517 g/mol. The molecule has 4 N–H and O–H groups in total. The van der Waals surface area contributed by atoms with Gasteiger partial charge in [-0.1, -0.05) is 12.1 Å². The number of aromatic nitrogens is 1. The maximum atomic E-state index is 12.0. The minimum absolute atomic E-state index is 0. The number of para-hydroxylation sites is 1. The van der Waals surface area contributed by atoms with Gasteiger partial charge in [-0.25, -0.2) is 4.98 Å². The van der Waals surface area contributed by atoms with Crippen molar-refractivity contribution in [2.24, 2.45) is 4.99 Å². The Morgan fingerprint density at radius 3 is 2.54 bits per heavy atom. The largest absolute Gasteiger partial charge is 0.507 e. The molecule has 2 rings (SSSR count). The first kappa shape index (κ1) is 24.2. The molecule has 0 spiro atoms. The summed E-state index contributed by atoms with van der Waals surface area (Å²) in [4.78, 5) is 22.4. The van der Waals surface area contributed by atoms with Crippen molar-refractivity contribution in [3.63, 3.8) is 0 Å². The number of carbonyl (C=O) groups is 1. The highest BCUT2D eigenvalue weighted by Gasteiger charge is 2.09. The molecule has 0 saturated carbocycles. The lowest BCUT2D eigenvalue weighted by atomic mass is 10.2. The van der Waals surface area contributed by atoms with Gasteiger partial charge in [-0.15, -0.1) is 35.3 Å². The number of phenols is 1. The number of halogens is 1. The Morgan fingerprint density at radius 2 is 1.89 bits per heavy atom. The third-order valence-electron chi connectivity index (χ3n) is 3.86. The number of benzene rings is 1. The van der Waals surface area contributed by atoms with Crippen molar-refractivity contribution in [2.75, 3.05) is 26.2 Å². The van der Waals surface area contributed by atoms with Crippen LogP contribution in [0.1, 0.15) is 32.9 Å². The van der Waals surface area contributed by atoms with E-state index in [-0.39, 0.29) is 41.2 Å². The van der Waals surface area contributed by atoms with Gasteiger partial charge < -0.3 is 21.1 Å². The summed E-state index contributed by atoms with van der Waals surface area (Å²) in [7, 11) is 0. The molecule has 1 aromatic carbocycles. The molecule has 0 aliphatic carbocycles. The third-order valence-corrected chi connectivity index (χ3v) is 5.00. The molecular weight excluding hydrogens is 489 g/mol. The standard InChI is InChI=1S/C19H27N5O2S.HI/c1-4-20-19(22-10-9-17-24-13(2)14(3)27-17)23-12-11-21-18(26)15-7-5-6-8-16(15)25;/h5-8,25H,4,9-12H2,1-3H3,(H,21,26)(H2,20,22,23);1H. The van der Waals surface area contributed by atoms with Crippen LogP contribution in [-0.2, 0) is 6.42 Å². The van der Waals surface area contributed by atoms with Gasteiger partial charge in [0.15, 0.2) is 5.96 Å². The molecule has 0 fully saturated rings. The number of thiazole rings is 1. The van der Waals surface area contributed by atoms with Gasteiger partial charge in [-0.2, -0.15) is 0 Å². The molecule has 0 saturated heterocycles. The van der Waals surface area contributed by atoms with Gasteiger partial charge in [0, 0.05) is 37.5 Å². The van der Waals surface area contributed by atoms with Crippen LogP contribution in [0.2, 0.25) is 0 Å². The highest BCUT2D eigenvalue weighted by molar-refractivity contribution is 14.0. The summed E-state index contributed by atoms with van der Waals surface area (Å²) in [5.74, 6) is 0.385. The summed E-state index contributed by atoms with van der Waals surface area (Å²) in [6.07, 6.45) is 0.805. The zero-order valence-electron chi connectivity index (χ0n) is 16.4. The van der Waals surface area contributed by atoms with Crippen LogP contribution in [0.25, 0.3) is 0 Å². The molecule has 0 unspecified atom stereocenters. The summed E-state index contributed by atoms with van der Waals surface area (Å²) < 4.78 is 0. The number of amides is 1. The number of nitrogens with zero attached hydrogens (tertiary/aromatic N) is 2. The van der Waals surface area contributed by atoms with Crippen LogP contribution in [-0.4, -0.2) is 48.1 Å². The molecule has 0 radical (unpaired) electrons. The van der Waals surface area contributed by atoms with E-state index in [0.29, 0.717) is 25.6 Å². The zero-order chi connectivity index (χ0) is 19.6.